The van der Waals surface area contributed by atoms with E-state index in [4.69, 9.17) is 4.98 Å². The molecule has 1 saturated carbocycles. The van der Waals surface area contributed by atoms with E-state index in [2.05, 4.69) is 5.32 Å². The normalized spacial score (nSPS) is 14.4. The number of carbonyl (C=O) groups is 2. The van der Waals surface area contributed by atoms with Crippen LogP contribution in [-0.2, 0) is 4.79 Å². The highest BCUT2D eigenvalue weighted by Gasteiger charge is 2.28. The molecule has 1 aromatic carbocycles. The number of pyridine rings is 1. The van der Waals surface area contributed by atoms with Crippen molar-refractivity contribution in [1.82, 2.24) is 15.2 Å². The summed E-state index contributed by atoms with van der Waals surface area (Å²) in [6, 6.07) is 9.59. The Balaban J connectivity index is 1.87. The zero-order chi connectivity index (χ0) is 18.2. The van der Waals surface area contributed by atoms with E-state index in [1.165, 1.54) is 4.90 Å². The molecular formula is C20H25N3O2. The van der Waals surface area contributed by atoms with E-state index in [0.717, 1.165) is 29.4 Å². The number of hydrogen-bond acceptors (Lipinski definition) is 3. The van der Waals surface area contributed by atoms with Gasteiger partial charge < -0.3 is 10.2 Å². The highest BCUT2D eigenvalue weighted by molar-refractivity contribution is 6.07. The molecule has 1 aliphatic rings. The molecule has 3 rings (SSSR count). The first-order valence-corrected chi connectivity index (χ1v) is 8.71. The van der Waals surface area contributed by atoms with Crippen molar-refractivity contribution in [2.75, 3.05) is 13.6 Å². The van der Waals surface area contributed by atoms with Gasteiger partial charge in [-0.05, 0) is 45.7 Å². The molecule has 0 spiro atoms. The van der Waals surface area contributed by atoms with Gasteiger partial charge in [0.1, 0.15) is 0 Å². The summed E-state index contributed by atoms with van der Waals surface area (Å²) in [5.41, 5.74) is 2.12. The fraction of sp³-hybridized carbons (Fsp3) is 0.450. The van der Waals surface area contributed by atoms with Gasteiger partial charge in [0.2, 0.25) is 5.91 Å². The lowest BCUT2D eigenvalue weighted by molar-refractivity contribution is -0.122. The maximum absolute atomic E-state index is 13.0. The topological polar surface area (TPSA) is 62.3 Å². The molecular weight excluding hydrogens is 314 g/mol. The van der Waals surface area contributed by atoms with Crippen molar-refractivity contribution >= 4 is 22.7 Å². The molecule has 0 bridgehead atoms. The SMILES string of the molecule is CN(CC(=O)NC(C)(C)C)C(=O)c1cc(C2CC2)nc2ccccc12. The molecule has 1 heterocycles. The minimum absolute atomic E-state index is 0.0332. The van der Waals surface area contributed by atoms with Crippen LogP contribution in [0, 0.1) is 0 Å². The standard InChI is InChI=1S/C20H25N3O2/c1-20(2,3)22-18(24)12-23(4)19(25)15-11-17(13-9-10-13)21-16-8-6-5-7-14(15)16/h5-8,11,13H,9-10,12H2,1-4H3,(H,22,24). The summed E-state index contributed by atoms with van der Waals surface area (Å²) in [6.45, 7) is 5.80. The molecule has 2 aromatic rings. The second kappa shape index (κ2) is 6.47. The average Bonchev–Trinajstić information content (AvgIpc) is 3.36. The molecule has 5 nitrogen and oxygen atoms in total. The van der Waals surface area contributed by atoms with Crippen molar-refractivity contribution < 1.29 is 9.59 Å². The Bertz CT molecular complexity index is 819. The van der Waals surface area contributed by atoms with Crippen LogP contribution in [0.15, 0.2) is 30.3 Å². The van der Waals surface area contributed by atoms with Crippen LogP contribution in [0.3, 0.4) is 0 Å². The molecule has 5 heteroatoms. The van der Waals surface area contributed by atoms with E-state index in [9.17, 15) is 9.59 Å². The van der Waals surface area contributed by atoms with Gasteiger partial charge in [0.15, 0.2) is 0 Å². The van der Waals surface area contributed by atoms with E-state index in [0.29, 0.717) is 11.5 Å². The molecule has 1 N–H and O–H groups in total. The Morgan fingerprint density at radius 2 is 1.92 bits per heavy atom. The second-order valence-electron chi connectivity index (χ2n) is 7.85. The van der Waals surface area contributed by atoms with Crippen molar-refractivity contribution in [3.05, 3.63) is 41.6 Å². The van der Waals surface area contributed by atoms with Crippen LogP contribution in [0.4, 0.5) is 0 Å². The predicted molar refractivity (Wildman–Crippen MR) is 98.6 cm³/mol. The molecule has 1 aromatic heterocycles. The van der Waals surface area contributed by atoms with Gasteiger partial charge in [-0.3, -0.25) is 14.6 Å². The zero-order valence-electron chi connectivity index (χ0n) is 15.3. The molecule has 0 unspecified atom stereocenters. The van der Waals surface area contributed by atoms with Crippen LogP contribution in [-0.4, -0.2) is 40.8 Å². The lowest BCUT2D eigenvalue weighted by atomic mass is 10.0. The minimum atomic E-state index is -0.316. The maximum atomic E-state index is 13.0. The molecule has 0 saturated heterocycles. The molecule has 132 valence electrons. The van der Waals surface area contributed by atoms with Crippen LogP contribution in [0.1, 0.15) is 55.6 Å². The summed E-state index contributed by atoms with van der Waals surface area (Å²) in [5.74, 6) is 0.152. The van der Waals surface area contributed by atoms with Crippen LogP contribution in [0.2, 0.25) is 0 Å². The number of hydrogen-bond donors (Lipinski definition) is 1. The number of fused-ring (bicyclic) bond motifs is 1. The number of rotatable bonds is 4. The van der Waals surface area contributed by atoms with Gasteiger partial charge in [-0.15, -0.1) is 0 Å². The summed E-state index contributed by atoms with van der Waals surface area (Å²) in [6.07, 6.45) is 2.26. The fourth-order valence-corrected chi connectivity index (χ4v) is 2.91. The molecule has 0 aliphatic heterocycles. The Morgan fingerprint density at radius 3 is 2.56 bits per heavy atom. The number of likely N-dealkylation sites (N-methyl/N-ethyl adjacent to an activating group) is 1. The van der Waals surface area contributed by atoms with Crippen molar-refractivity contribution in [1.29, 1.82) is 0 Å². The third-order valence-electron chi connectivity index (χ3n) is 4.20. The van der Waals surface area contributed by atoms with Crippen LogP contribution >= 0.6 is 0 Å². The molecule has 1 aliphatic carbocycles. The summed E-state index contributed by atoms with van der Waals surface area (Å²) in [4.78, 5) is 31.3. The first-order chi connectivity index (χ1) is 11.7. The van der Waals surface area contributed by atoms with Crippen molar-refractivity contribution in [3.8, 4) is 0 Å². The van der Waals surface area contributed by atoms with Gasteiger partial charge in [0, 0.05) is 29.6 Å². The number of amides is 2. The minimum Gasteiger partial charge on any atom is -0.350 e. The van der Waals surface area contributed by atoms with Crippen molar-refractivity contribution in [2.45, 2.75) is 45.1 Å². The molecule has 1 fully saturated rings. The average molecular weight is 339 g/mol. The Kier molecular flexibility index (Phi) is 4.50. The highest BCUT2D eigenvalue weighted by Crippen LogP contribution is 2.40. The third-order valence-corrected chi connectivity index (χ3v) is 4.20. The van der Waals surface area contributed by atoms with E-state index >= 15 is 0 Å². The maximum Gasteiger partial charge on any atom is 0.254 e. The van der Waals surface area contributed by atoms with E-state index in [-0.39, 0.29) is 23.9 Å². The Morgan fingerprint density at radius 1 is 1.24 bits per heavy atom. The van der Waals surface area contributed by atoms with Gasteiger partial charge in [-0.1, -0.05) is 18.2 Å². The predicted octanol–water partition coefficient (Wildman–Crippen LogP) is 3.10. The zero-order valence-corrected chi connectivity index (χ0v) is 15.3. The van der Waals surface area contributed by atoms with Crippen LogP contribution in [0.25, 0.3) is 10.9 Å². The van der Waals surface area contributed by atoms with Crippen LogP contribution < -0.4 is 5.32 Å². The number of nitrogens with zero attached hydrogens (tertiary/aromatic N) is 2. The summed E-state index contributed by atoms with van der Waals surface area (Å²) >= 11 is 0. The van der Waals surface area contributed by atoms with Gasteiger partial charge in [-0.25, -0.2) is 0 Å². The van der Waals surface area contributed by atoms with E-state index in [1.807, 2.05) is 51.1 Å². The quantitative estimate of drug-likeness (QED) is 0.931. The summed E-state index contributed by atoms with van der Waals surface area (Å²) < 4.78 is 0. The molecule has 0 atom stereocenters. The number of aromatic nitrogens is 1. The molecule has 0 radical (unpaired) electrons. The van der Waals surface area contributed by atoms with E-state index < -0.39 is 0 Å². The van der Waals surface area contributed by atoms with Gasteiger partial charge in [-0.2, -0.15) is 0 Å². The monoisotopic (exact) mass is 339 g/mol. The fourth-order valence-electron chi connectivity index (χ4n) is 2.91. The lowest BCUT2D eigenvalue weighted by Crippen LogP contribution is -2.46. The highest BCUT2D eigenvalue weighted by atomic mass is 16.2. The van der Waals surface area contributed by atoms with Gasteiger partial charge in [0.25, 0.3) is 5.91 Å². The van der Waals surface area contributed by atoms with Crippen molar-refractivity contribution in [3.63, 3.8) is 0 Å². The number of carbonyl (C=O) groups excluding carboxylic acids is 2. The van der Waals surface area contributed by atoms with Gasteiger partial charge in [0.05, 0.1) is 17.6 Å². The largest absolute Gasteiger partial charge is 0.350 e. The van der Waals surface area contributed by atoms with Crippen molar-refractivity contribution in [2.24, 2.45) is 0 Å². The second-order valence-corrected chi connectivity index (χ2v) is 7.85. The Labute approximate surface area is 148 Å². The number of para-hydroxylation sites is 1. The molecule has 2 amide bonds. The number of nitrogens with one attached hydrogen (secondary N) is 1. The number of benzene rings is 1. The summed E-state index contributed by atoms with van der Waals surface area (Å²) in [5, 5.41) is 3.72. The smallest absolute Gasteiger partial charge is 0.254 e. The third kappa shape index (κ3) is 4.16. The van der Waals surface area contributed by atoms with Crippen LogP contribution in [0.5, 0.6) is 0 Å². The molecule has 25 heavy (non-hydrogen) atoms. The van der Waals surface area contributed by atoms with E-state index in [1.54, 1.807) is 7.05 Å². The first-order valence-electron chi connectivity index (χ1n) is 8.71. The Hall–Kier alpha value is -2.43. The van der Waals surface area contributed by atoms with Gasteiger partial charge >= 0.3 is 0 Å². The summed E-state index contributed by atoms with van der Waals surface area (Å²) in [7, 11) is 1.66. The lowest BCUT2D eigenvalue weighted by Gasteiger charge is -2.23. The first kappa shape index (κ1) is 17.4.